The summed E-state index contributed by atoms with van der Waals surface area (Å²) in [5.41, 5.74) is 1.31. The van der Waals surface area contributed by atoms with Gasteiger partial charge in [0.15, 0.2) is 0 Å². The Hall–Kier alpha value is -1.09. The molecule has 1 fully saturated rings. The zero-order valence-electron chi connectivity index (χ0n) is 8.75. The Labute approximate surface area is 89.3 Å². The number of piperidine rings is 1. The first-order valence-electron chi connectivity index (χ1n) is 5.45. The molecule has 0 aromatic heterocycles. The third-order valence-electron chi connectivity index (χ3n) is 2.93. The van der Waals surface area contributed by atoms with Gasteiger partial charge in [-0.05, 0) is 31.4 Å². The van der Waals surface area contributed by atoms with Gasteiger partial charge in [0.2, 0.25) is 0 Å². The minimum Gasteiger partial charge on any atom is -0.392 e. The van der Waals surface area contributed by atoms with E-state index in [2.05, 4.69) is 4.90 Å². The molecule has 2 rings (SSSR count). The van der Waals surface area contributed by atoms with Gasteiger partial charge in [0.25, 0.3) is 0 Å². The maximum atomic E-state index is 13.4. The fourth-order valence-corrected chi connectivity index (χ4v) is 2.01. The molecule has 0 spiro atoms. The summed E-state index contributed by atoms with van der Waals surface area (Å²) in [5, 5.41) is 8.87. The van der Waals surface area contributed by atoms with E-state index in [1.165, 1.54) is 25.3 Å². The molecule has 2 nitrogen and oxygen atoms in total. The Kier molecular flexibility index (Phi) is 3.21. The van der Waals surface area contributed by atoms with Crippen molar-refractivity contribution in [2.45, 2.75) is 25.9 Å². The Bertz CT molecular complexity index is 334. The van der Waals surface area contributed by atoms with E-state index < -0.39 is 0 Å². The number of hydrogen-bond acceptors (Lipinski definition) is 2. The van der Waals surface area contributed by atoms with Crippen LogP contribution in [-0.4, -0.2) is 18.2 Å². The van der Waals surface area contributed by atoms with Crippen molar-refractivity contribution in [3.05, 3.63) is 29.6 Å². The Morgan fingerprint density at radius 2 is 1.93 bits per heavy atom. The van der Waals surface area contributed by atoms with E-state index in [1.807, 2.05) is 6.07 Å². The molecule has 0 amide bonds. The number of aliphatic hydroxyl groups is 1. The average Bonchev–Trinajstić information content (AvgIpc) is 2.30. The lowest BCUT2D eigenvalue weighted by Gasteiger charge is -2.28. The summed E-state index contributed by atoms with van der Waals surface area (Å²) in [5.74, 6) is -0.305. The van der Waals surface area contributed by atoms with Crippen LogP contribution in [0.3, 0.4) is 0 Å². The van der Waals surface area contributed by atoms with E-state index >= 15 is 0 Å². The SMILES string of the molecule is OCc1ccc(N2CCCCC2)cc1F. The van der Waals surface area contributed by atoms with Crippen LogP contribution >= 0.6 is 0 Å². The van der Waals surface area contributed by atoms with Gasteiger partial charge in [-0.1, -0.05) is 6.07 Å². The van der Waals surface area contributed by atoms with Gasteiger partial charge in [0.1, 0.15) is 5.82 Å². The monoisotopic (exact) mass is 209 g/mol. The van der Waals surface area contributed by atoms with Gasteiger partial charge >= 0.3 is 0 Å². The van der Waals surface area contributed by atoms with E-state index in [0.717, 1.165) is 18.8 Å². The first-order valence-corrected chi connectivity index (χ1v) is 5.45. The van der Waals surface area contributed by atoms with Gasteiger partial charge in [0.05, 0.1) is 6.61 Å². The van der Waals surface area contributed by atoms with Crippen LogP contribution in [0.2, 0.25) is 0 Å². The number of halogens is 1. The highest BCUT2D eigenvalue weighted by molar-refractivity contribution is 5.48. The molecule has 1 N–H and O–H groups in total. The lowest BCUT2D eigenvalue weighted by molar-refractivity contribution is 0.276. The number of anilines is 1. The summed E-state index contributed by atoms with van der Waals surface area (Å²) in [4.78, 5) is 2.20. The van der Waals surface area contributed by atoms with Crippen molar-refractivity contribution in [2.24, 2.45) is 0 Å². The molecule has 1 heterocycles. The van der Waals surface area contributed by atoms with Crippen LogP contribution < -0.4 is 4.90 Å². The van der Waals surface area contributed by atoms with Crippen molar-refractivity contribution in [1.29, 1.82) is 0 Å². The third-order valence-corrected chi connectivity index (χ3v) is 2.93. The molecular formula is C12H16FNO. The molecule has 82 valence electrons. The molecule has 0 bridgehead atoms. The maximum Gasteiger partial charge on any atom is 0.130 e. The number of rotatable bonds is 2. The number of benzene rings is 1. The van der Waals surface area contributed by atoms with Gasteiger partial charge in [0, 0.05) is 24.3 Å². The first-order chi connectivity index (χ1) is 7.31. The largest absolute Gasteiger partial charge is 0.392 e. The molecule has 1 aromatic carbocycles. The summed E-state index contributed by atoms with van der Waals surface area (Å²) >= 11 is 0. The molecule has 0 radical (unpaired) electrons. The molecule has 0 unspecified atom stereocenters. The highest BCUT2D eigenvalue weighted by Crippen LogP contribution is 2.22. The molecule has 1 aliphatic heterocycles. The van der Waals surface area contributed by atoms with Crippen molar-refractivity contribution in [3.63, 3.8) is 0 Å². The van der Waals surface area contributed by atoms with E-state index in [0.29, 0.717) is 5.56 Å². The first kappa shape index (κ1) is 10.4. The van der Waals surface area contributed by atoms with E-state index in [4.69, 9.17) is 5.11 Å². The van der Waals surface area contributed by atoms with Gasteiger partial charge < -0.3 is 10.0 Å². The zero-order valence-corrected chi connectivity index (χ0v) is 8.75. The smallest absolute Gasteiger partial charge is 0.130 e. The molecule has 15 heavy (non-hydrogen) atoms. The molecule has 0 saturated carbocycles. The van der Waals surface area contributed by atoms with Crippen LogP contribution in [0.4, 0.5) is 10.1 Å². The van der Waals surface area contributed by atoms with Gasteiger partial charge in [-0.2, -0.15) is 0 Å². The quantitative estimate of drug-likeness (QED) is 0.808. The molecular weight excluding hydrogens is 193 g/mol. The topological polar surface area (TPSA) is 23.5 Å². The van der Waals surface area contributed by atoms with Crippen LogP contribution in [0.15, 0.2) is 18.2 Å². The summed E-state index contributed by atoms with van der Waals surface area (Å²) in [6.07, 6.45) is 3.64. The summed E-state index contributed by atoms with van der Waals surface area (Å²) in [6.45, 7) is 1.79. The standard InChI is InChI=1S/C12H16FNO/c13-12-8-11(5-4-10(12)9-15)14-6-2-1-3-7-14/h4-5,8,15H,1-3,6-7,9H2. The predicted molar refractivity (Wildman–Crippen MR) is 58.4 cm³/mol. The van der Waals surface area contributed by atoms with Crippen LogP contribution in [0.5, 0.6) is 0 Å². The summed E-state index contributed by atoms with van der Waals surface area (Å²) in [7, 11) is 0. The normalized spacial score (nSPS) is 16.8. The van der Waals surface area contributed by atoms with Gasteiger partial charge in [-0.15, -0.1) is 0 Å². The number of nitrogens with zero attached hydrogens (tertiary/aromatic N) is 1. The fraction of sp³-hybridized carbons (Fsp3) is 0.500. The Morgan fingerprint density at radius 3 is 2.53 bits per heavy atom. The van der Waals surface area contributed by atoms with Crippen LogP contribution in [0, 0.1) is 5.82 Å². The predicted octanol–water partition coefficient (Wildman–Crippen LogP) is 2.31. The molecule has 1 saturated heterocycles. The zero-order chi connectivity index (χ0) is 10.7. The Balaban J connectivity index is 2.17. The molecule has 1 aromatic rings. The maximum absolute atomic E-state index is 13.4. The second kappa shape index (κ2) is 4.62. The molecule has 0 aliphatic carbocycles. The van der Waals surface area contributed by atoms with E-state index in [9.17, 15) is 4.39 Å². The summed E-state index contributed by atoms with van der Waals surface area (Å²) < 4.78 is 13.4. The molecule has 0 atom stereocenters. The lowest BCUT2D eigenvalue weighted by Crippen LogP contribution is -2.29. The van der Waals surface area contributed by atoms with E-state index in [1.54, 1.807) is 6.07 Å². The van der Waals surface area contributed by atoms with Crippen LogP contribution in [0.25, 0.3) is 0 Å². The second-order valence-electron chi connectivity index (χ2n) is 3.98. The highest BCUT2D eigenvalue weighted by atomic mass is 19.1. The van der Waals surface area contributed by atoms with Crippen molar-refractivity contribution in [2.75, 3.05) is 18.0 Å². The minimum atomic E-state index is -0.305. The van der Waals surface area contributed by atoms with Crippen molar-refractivity contribution >= 4 is 5.69 Å². The number of aliphatic hydroxyl groups excluding tert-OH is 1. The lowest BCUT2D eigenvalue weighted by atomic mass is 10.1. The van der Waals surface area contributed by atoms with Crippen LogP contribution in [0.1, 0.15) is 24.8 Å². The number of hydrogen-bond donors (Lipinski definition) is 1. The second-order valence-corrected chi connectivity index (χ2v) is 3.98. The van der Waals surface area contributed by atoms with Crippen molar-refractivity contribution in [1.82, 2.24) is 0 Å². The summed E-state index contributed by atoms with van der Waals surface area (Å²) in [6, 6.07) is 5.08. The average molecular weight is 209 g/mol. The molecule has 3 heteroatoms. The van der Waals surface area contributed by atoms with Crippen molar-refractivity contribution < 1.29 is 9.50 Å². The van der Waals surface area contributed by atoms with E-state index in [-0.39, 0.29) is 12.4 Å². The van der Waals surface area contributed by atoms with Crippen LogP contribution in [-0.2, 0) is 6.61 Å². The minimum absolute atomic E-state index is 0.230. The highest BCUT2D eigenvalue weighted by Gasteiger charge is 2.12. The van der Waals surface area contributed by atoms with Gasteiger partial charge in [-0.3, -0.25) is 0 Å². The third kappa shape index (κ3) is 2.29. The Morgan fingerprint density at radius 1 is 1.20 bits per heavy atom. The van der Waals surface area contributed by atoms with Crippen molar-refractivity contribution in [3.8, 4) is 0 Å². The van der Waals surface area contributed by atoms with Gasteiger partial charge in [-0.25, -0.2) is 4.39 Å². The fourth-order valence-electron chi connectivity index (χ4n) is 2.01. The molecule has 1 aliphatic rings.